The summed E-state index contributed by atoms with van der Waals surface area (Å²) in [5.41, 5.74) is 1.35. The quantitative estimate of drug-likeness (QED) is 0.899. The summed E-state index contributed by atoms with van der Waals surface area (Å²) in [6, 6.07) is 10.5. The summed E-state index contributed by atoms with van der Waals surface area (Å²) in [4.78, 5) is 20.0. The Hall–Kier alpha value is -1.59. The van der Waals surface area contributed by atoms with Crippen molar-refractivity contribution in [2.75, 3.05) is 46.8 Å². The minimum Gasteiger partial charge on any atom is -0.331 e. The van der Waals surface area contributed by atoms with Gasteiger partial charge in [-0.3, -0.25) is 4.90 Å². The van der Waals surface area contributed by atoms with Gasteiger partial charge in [0.05, 0.1) is 6.04 Å². The van der Waals surface area contributed by atoms with Gasteiger partial charge < -0.3 is 15.1 Å². The van der Waals surface area contributed by atoms with Crippen LogP contribution in [0.5, 0.6) is 0 Å². The normalized spacial score (nSPS) is 22.3. The van der Waals surface area contributed by atoms with Crippen molar-refractivity contribution < 1.29 is 4.79 Å². The lowest BCUT2D eigenvalue weighted by Gasteiger charge is -2.52. The van der Waals surface area contributed by atoms with Gasteiger partial charge in [0.2, 0.25) is 0 Å². The minimum absolute atomic E-state index is 0.0960. The third-order valence-electron chi connectivity index (χ3n) is 6.28. The number of likely N-dealkylation sites (tertiary alicyclic amines) is 1. The number of carbonyl (C=O) groups is 1. The van der Waals surface area contributed by atoms with E-state index in [1.165, 1.54) is 5.56 Å². The van der Waals surface area contributed by atoms with E-state index in [0.717, 1.165) is 58.4 Å². The Kier molecular flexibility index (Phi) is 6.20. The van der Waals surface area contributed by atoms with E-state index in [0.29, 0.717) is 0 Å². The van der Waals surface area contributed by atoms with Crippen LogP contribution in [0.2, 0.25) is 0 Å². The molecule has 144 valence electrons. The van der Waals surface area contributed by atoms with E-state index in [4.69, 9.17) is 0 Å². The first kappa shape index (κ1) is 19.2. The molecular formula is C21H34N4O. The van der Waals surface area contributed by atoms with Crippen LogP contribution in [-0.4, -0.2) is 73.1 Å². The molecule has 1 N–H and O–H groups in total. The van der Waals surface area contributed by atoms with Crippen molar-refractivity contribution in [1.29, 1.82) is 0 Å². The molecule has 1 atom stereocenters. The first-order valence-corrected chi connectivity index (χ1v) is 10.0. The molecule has 2 saturated heterocycles. The molecule has 0 aliphatic carbocycles. The van der Waals surface area contributed by atoms with Gasteiger partial charge in [-0.05, 0) is 52.0 Å². The maximum atomic E-state index is 13.0. The third-order valence-corrected chi connectivity index (χ3v) is 6.28. The molecule has 0 aromatic heterocycles. The molecule has 1 aromatic carbocycles. The predicted molar refractivity (Wildman–Crippen MR) is 106 cm³/mol. The monoisotopic (exact) mass is 358 g/mol. The molecule has 0 bridgehead atoms. The average Bonchev–Trinajstić information content (AvgIpc) is 2.66. The SMILES string of the molecule is CCCC(NC(=O)N1CCN(C)C2(CCN(C)CC2)C1)c1ccccc1. The average molecular weight is 359 g/mol. The molecule has 2 aliphatic rings. The fourth-order valence-electron chi connectivity index (χ4n) is 4.35. The largest absolute Gasteiger partial charge is 0.331 e. The summed E-state index contributed by atoms with van der Waals surface area (Å²) in [5, 5.41) is 3.31. The number of amides is 2. The standard InChI is InChI=1S/C21H34N4O/c1-4-8-19(18-9-6-5-7-10-18)22-20(26)25-16-15-24(3)21(17-25)11-13-23(2)14-12-21/h5-7,9-10,19H,4,8,11-17H2,1-3H3,(H,22,26). The Labute approximate surface area is 158 Å². The van der Waals surface area contributed by atoms with Gasteiger partial charge in [0.1, 0.15) is 0 Å². The zero-order chi connectivity index (χ0) is 18.6. The molecule has 2 aliphatic heterocycles. The van der Waals surface area contributed by atoms with Crippen LogP contribution in [0.25, 0.3) is 0 Å². The second kappa shape index (κ2) is 8.40. The maximum absolute atomic E-state index is 13.0. The highest BCUT2D eigenvalue weighted by atomic mass is 16.2. The number of benzene rings is 1. The van der Waals surface area contributed by atoms with E-state index in [2.05, 4.69) is 53.2 Å². The Morgan fingerprint density at radius 3 is 2.46 bits per heavy atom. The summed E-state index contributed by atoms with van der Waals surface area (Å²) in [7, 11) is 4.42. The van der Waals surface area contributed by atoms with Crippen LogP contribution in [0.15, 0.2) is 30.3 Å². The molecule has 0 saturated carbocycles. The lowest BCUT2D eigenvalue weighted by atomic mass is 9.84. The molecule has 0 radical (unpaired) electrons. The molecule has 1 unspecified atom stereocenters. The van der Waals surface area contributed by atoms with Gasteiger partial charge in [-0.15, -0.1) is 0 Å². The van der Waals surface area contributed by atoms with Gasteiger partial charge in [0.25, 0.3) is 0 Å². The van der Waals surface area contributed by atoms with Gasteiger partial charge in [0.15, 0.2) is 0 Å². The molecular weight excluding hydrogens is 324 g/mol. The molecule has 5 nitrogen and oxygen atoms in total. The minimum atomic E-state index is 0.0960. The second-order valence-electron chi connectivity index (χ2n) is 8.07. The number of likely N-dealkylation sites (N-methyl/N-ethyl adjacent to an activating group) is 1. The van der Waals surface area contributed by atoms with E-state index >= 15 is 0 Å². The highest BCUT2D eigenvalue weighted by Gasteiger charge is 2.42. The Balaban J connectivity index is 1.67. The smallest absolute Gasteiger partial charge is 0.317 e. The van der Waals surface area contributed by atoms with Crippen molar-refractivity contribution in [2.45, 2.75) is 44.2 Å². The first-order chi connectivity index (χ1) is 12.5. The van der Waals surface area contributed by atoms with Gasteiger partial charge in [-0.2, -0.15) is 0 Å². The lowest BCUT2D eigenvalue weighted by Crippen LogP contribution is -2.66. The molecule has 1 aromatic rings. The van der Waals surface area contributed by atoms with E-state index < -0.39 is 0 Å². The van der Waals surface area contributed by atoms with E-state index in [9.17, 15) is 4.79 Å². The van der Waals surface area contributed by atoms with Crippen LogP contribution in [0.4, 0.5) is 4.79 Å². The van der Waals surface area contributed by atoms with Crippen molar-refractivity contribution >= 4 is 6.03 Å². The topological polar surface area (TPSA) is 38.8 Å². The zero-order valence-corrected chi connectivity index (χ0v) is 16.6. The lowest BCUT2D eigenvalue weighted by molar-refractivity contribution is -0.01000. The van der Waals surface area contributed by atoms with Crippen molar-refractivity contribution in [3.63, 3.8) is 0 Å². The Morgan fingerprint density at radius 1 is 1.12 bits per heavy atom. The first-order valence-electron chi connectivity index (χ1n) is 10.0. The van der Waals surface area contributed by atoms with Crippen LogP contribution < -0.4 is 5.32 Å². The van der Waals surface area contributed by atoms with Gasteiger partial charge in [-0.25, -0.2) is 4.79 Å². The van der Waals surface area contributed by atoms with Crippen molar-refractivity contribution in [2.24, 2.45) is 0 Å². The van der Waals surface area contributed by atoms with E-state index in [-0.39, 0.29) is 17.6 Å². The highest BCUT2D eigenvalue weighted by molar-refractivity contribution is 5.75. The van der Waals surface area contributed by atoms with Crippen LogP contribution >= 0.6 is 0 Å². The number of urea groups is 1. The van der Waals surface area contributed by atoms with Gasteiger partial charge >= 0.3 is 6.03 Å². The Bertz CT molecular complexity index is 583. The van der Waals surface area contributed by atoms with Crippen molar-refractivity contribution in [1.82, 2.24) is 20.0 Å². The van der Waals surface area contributed by atoms with Crippen molar-refractivity contribution in [3.05, 3.63) is 35.9 Å². The summed E-state index contributed by atoms with van der Waals surface area (Å²) >= 11 is 0. The molecule has 5 heteroatoms. The van der Waals surface area contributed by atoms with E-state index in [1.54, 1.807) is 0 Å². The van der Waals surface area contributed by atoms with Gasteiger partial charge in [-0.1, -0.05) is 43.7 Å². The molecule has 2 fully saturated rings. The highest BCUT2D eigenvalue weighted by Crippen LogP contribution is 2.31. The molecule has 2 amide bonds. The Morgan fingerprint density at radius 2 is 1.81 bits per heavy atom. The number of hydrogen-bond acceptors (Lipinski definition) is 3. The van der Waals surface area contributed by atoms with Crippen molar-refractivity contribution in [3.8, 4) is 0 Å². The van der Waals surface area contributed by atoms with E-state index in [1.807, 2.05) is 18.2 Å². The number of rotatable bonds is 4. The molecule has 1 spiro atoms. The summed E-state index contributed by atoms with van der Waals surface area (Å²) in [6.07, 6.45) is 4.31. The number of carbonyl (C=O) groups excluding carboxylic acids is 1. The number of piperidine rings is 1. The molecule has 26 heavy (non-hydrogen) atoms. The fourth-order valence-corrected chi connectivity index (χ4v) is 4.35. The van der Waals surface area contributed by atoms with Crippen LogP contribution in [0.1, 0.15) is 44.2 Å². The van der Waals surface area contributed by atoms with Crippen LogP contribution in [0.3, 0.4) is 0 Å². The molecule has 3 rings (SSSR count). The number of nitrogens with zero attached hydrogens (tertiary/aromatic N) is 3. The summed E-state index contributed by atoms with van der Waals surface area (Å²) < 4.78 is 0. The van der Waals surface area contributed by atoms with Crippen LogP contribution in [-0.2, 0) is 0 Å². The number of piperazine rings is 1. The molecule has 2 heterocycles. The maximum Gasteiger partial charge on any atom is 0.317 e. The number of hydrogen-bond donors (Lipinski definition) is 1. The van der Waals surface area contributed by atoms with Crippen LogP contribution in [0, 0.1) is 0 Å². The summed E-state index contributed by atoms with van der Waals surface area (Å²) in [5.74, 6) is 0. The predicted octanol–water partition coefficient (Wildman–Crippen LogP) is 2.95. The summed E-state index contributed by atoms with van der Waals surface area (Å²) in [6.45, 7) is 7.02. The zero-order valence-electron chi connectivity index (χ0n) is 16.6. The fraction of sp³-hybridized carbons (Fsp3) is 0.667. The second-order valence-corrected chi connectivity index (χ2v) is 8.07. The van der Waals surface area contributed by atoms with Gasteiger partial charge in [0, 0.05) is 25.2 Å². The third kappa shape index (κ3) is 4.21. The number of nitrogens with one attached hydrogen (secondary N) is 1.